The molecule has 180 valence electrons. The predicted octanol–water partition coefficient (Wildman–Crippen LogP) is 3.65. The number of benzene rings is 2. The van der Waals surface area contributed by atoms with Gasteiger partial charge in [0.1, 0.15) is 5.01 Å². The monoisotopic (exact) mass is 489 g/mol. The van der Waals surface area contributed by atoms with Crippen LogP contribution < -0.4 is 10.6 Å². The Balaban J connectivity index is 1.12. The number of aromatic nitrogens is 5. The minimum atomic E-state index is -0.233. The Morgan fingerprint density at radius 1 is 0.857 bits per heavy atom. The van der Waals surface area contributed by atoms with E-state index in [4.69, 9.17) is 0 Å². The van der Waals surface area contributed by atoms with Gasteiger partial charge in [-0.25, -0.2) is 0 Å². The fourth-order valence-corrected chi connectivity index (χ4v) is 4.25. The number of nitrogens with one attached hydrogen (secondary N) is 2. The topological polar surface area (TPSA) is 115 Å². The molecule has 0 aliphatic heterocycles. The van der Waals surface area contributed by atoms with E-state index in [0.717, 1.165) is 41.8 Å². The molecule has 0 atom stereocenters. The fourth-order valence-electron chi connectivity index (χ4n) is 3.46. The van der Waals surface area contributed by atoms with Gasteiger partial charge in [0, 0.05) is 19.5 Å². The largest absolute Gasteiger partial charge is 0.347 e. The summed E-state index contributed by atoms with van der Waals surface area (Å²) in [7, 11) is 0. The van der Waals surface area contributed by atoms with Crippen LogP contribution in [0, 0.1) is 0 Å². The van der Waals surface area contributed by atoms with Crippen molar-refractivity contribution in [1.29, 1.82) is 0 Å². The molecular formula is C25H27N7O2S. The molecule has 2 aromatic heterocycles. The van der Waals surface area contributed by atoms with Gasteiger partial charge in [-0.05, 0) is 24.0 Å². The number of carbonyl (C=O) groups is 2. The van der Waals surface area contributed by atoms with E-state index in [1.807, 2.05) is 60.7 Å². The smallest absolute Gasteiger partial charge is 0.273 e. The van der Waals surface area contributed by atoms with Gasteiger partial charge in [0.05, 0.1) is 12.6 Å². The molecule has 0 fully saturated rings. The lowest BCUT2D eigenvalue weighted by molar-refractivity contribution is -0.115. The first-order chi connectivity index (χ1) is 17.2. The van der Waals surface area contributed by atoms with Crippen LogP contribution in [0.5, 0.6) is 0 Å². The molecule has 0 spiro atoms. The van der Waals surface area contributed by atoms with E-state index < -0.39 is 0 Å². The summed E-state index contributed by atoms with van der Waals surface area (Å²) in [6.45, 7) is 1.15. The summed E-state index contributed by atoms with van der Waals surface area (Å²) in [5, 5.41) is 23.4. The summed E-state index contributed by atoms with van der Waals surface area (Å²) in [6, 6.07) is 19.3. The van der Waals surface area contributed by atoms with Gasteiger partial charge in [0.25, 0.3) is 5.91 Å². The van der Waals surface area contributed by atoms with Crippen molar-refractivity contribution in [2.24, 2.45) is 0 Å². The Hall–Kier alpha value is -3.92. The highest BCUT2D eigenvalue weighted by molar-refractivity contribution is 7.15. The standard InChI is InChI=1S/C25H27N7O2S/c33-22(16-19-10-4-1-5-11-19)27-25-30-29-23(35-25)14-8-3-9-15-32-18-21(28-31-32)24(34)26-17-20-12-6-2-7-13-20/h1-2,4-7,10-13,18H,3,8-9,14-17H2,(H,26,34)(H,27,30,33). The second-order valence-corrected chi connectivity index (χ2v) is 9.12. The van der Waals surface area contributed by atoms with Crippen molar-refractivity contribution in [1.82, 2.24) is 30.5 Å². The normalized spacial score (nSPS) is 10.7. The van der Waals surface area contributed by atoms with Crippen LogP contribution >= 0.6 is 11.3 Å². The molecule has 0 unspecified atom stereocenters. The van der Waals surface area contributed by atoms with Crippen molar-refractivity contribution in [3.05, 3.63) is 88.7 Å². The van der Waals surface area contributed by atoms with Crippen molar-refractivity contribution in [3.63, 3.8) is 0 Å². The number of carbonyl (C=O) groups excluding carboxylic acids is 2. The van der Waals surface area contributed by atoms with Gasteiger partial charge in [0.15, 0.2) is 5.69 Å². The van der Waals surface area contributed by atoms with E-state index >= 15 is 0 Å². The average Bonchev–Trinajstić information content (AvgIpc) is 3.53. The maximum Gasteiger partial charge on any atom is 0.273 e. The average molecular weight is 490 g/mol. The highest BCUT2D eigenvalue weighted by Gasteiger charge is 2.11. The number of aryl methyl sites for hydroxylation is 2. The molecule has 0 radical (unpaired) electrons. The maximum absolute atomic E-state index is 12.3. The molecule has 2 heterocycles. The van der Waals surface area contributed by atoms with E-state index in [0.29, 0.717) is 30.3 Å². The molecule has 0 saturated heterocycles. The molecule has 10 heteroatoms. The maximum atomic E-state index is 12.3. The molecule has 0 aliphatic rings. The van der Waals surface area contributed by atoms with Gasteiger partial charge in [-0.3, -0.25) is 14.3 Å². The Bertz CT molecular complexity index is 1220. The van der Waals surface area contributed by atoms with Crippen LogP contribution in [0.3, 0.4) is 0 Å². The Kier molecular flexibility index (Phi) is 8.66. The van der Waals surface area contributed by atoms with Gasteiger partial charge in [-0.15, -0.1) is 15.3 Å². The summed E-state index contributed by atoms with van der Waals surface area (Å²) in [4.78, 5) is 24.4. The summed E-state index contributed by atoms with van der Waals surface area (Å²) in [6.07, 6.45) is 5.63. The number of hydrogen-bond acceptors (Lipinski definition) is 7. The van der Waals surface area contributed by atoms with Crippen LogP contribution in [0.25, 0.3) is 0 Å². The quantitative estimate of drug-likeness (QED) is 0.294. The molecule has 2 amide bonds. The Labute approximate surface area is 207 Å². The summed E-state index contributed by atoms with van der Waals surface area (Å²) in [5.41, 5.74) is 2.31. The third kappa shape index (κ3) is 7.82. The summed E-state index contributed by atoms with van der Waals surface area (Å²) in [5.74, 6) is -0.331. The summed E-state index contributed by atoms with van der Waals surface area (Å²) >= 11 is 1.41. The minimum absolute atomic E-state index is 0.0974. The number of rotatable bonds is 12. The molecule has 4 rings (SSSR count). The molecular weight excluding hydrogens is 462 g/mol. The highest BCUT2D eigenvalue weighted by Crippen LogP contribution is 2.18. The molecule has 0 bridgehead atoms. The van der Waals surface area contributed by atoms with E-state index in [1.165, 1.54) is 11.3 Å². The van der Waals surface area contributed by atoms with E-state index in [1.54, 1.807) is 10.9 Å². The van der Waals surface area contributed by atoms with Crippen molar-refractivity contribution < 1.29 is 9.59 Å². The van der Waals surface area contributed by atoms with Gasteiger partial charge in [-0.1, -0.05) is 83.6 Å². The van der Waals surface area contributed by atoms with E-state index in [2.05, 4.69) is 31.1 Å². The zero-order valence-corrected chi connectivity index (χ0v) is 20.1. The van der Waals surface area contributed by atoms with Crippen molar-refractivity contribution in [2.75, 3.05) is 5.32 Å². The van der Waals surface area contributed by atoms with Crippen LogP contribution in [0.2, 0.25) is 0 Å². The Morgan fingerprint density at radius 2 is 1.60 bits per heavy atom. The molecule has 4 aromatic rings. The molecule has 2 N–H and O–H groups in total. The minimum Gasteiger partial charge on any atom is -0.347 e. The first kappa shape index (κ1) is 24.2. The molecule has 35 heavy (non-hydrogen) atoms. The van der Waals surface area contributed by atoms with Gasteiger partial charge >= 0.3 is 0 Å². The lowest BCUT2D eigenvalue weighted by Crippen LogP contribution is -2.23. The third-order valence-electron chi connectivity index (χ3n) is 5.27. The van der Waals surface area contributed by atoms with Gasteiger partial charge in [-0.2, -0.15) is 0 Å². The molecule has 0 aliphatic carbocycles. The number of nitrogens with zero attached hydrogens (tertiary/aromatic N) is 5. The first-order valence-corrected chi connectivity index (χ1v) is 12.4. The van der Waals surface area contributed by atoms with Crippen LogP contribution in [0.4, 0.5) is 5.13 Å². The van der Waals surface area contributed by atoms with Crippen LogP contribution in [0.1, 0.15) is 45.9 Å². The predicted molar refractivity (Wildman–Crippen MR) is 134 cm³/mol. The van der Waals surface area contributed by atoms with E-state index in [-0.39, 0.29) is 11.8 Å². The number of hydrogen-bond donors (Lipinski definition) is 2. The SMILES string of the molecule is O=C(Cc1ccccc1)Nc1nnc(CCCCCn2cc(C(=O)NCc3ccccc3)nn2)s1. The van der Waals surface area contributed by atoms with Gasteiger partial charge in [0.2, 0.25) is 11.0 Å². The molecule has 2 aromatic carbocycles. The van der Waals surface area contributed by atoms with Crippen molar-refractivity contribution in [3.8, 4) is 0 Å². The van der Waals surface area contributed by atoms with E-state index in [9.17, 15) is 9.59 Å². The van der Waals surface area contributed by atoms with Crippen molar-refractivity contribution >= 4 is 28.3 Å². The Morgan fingerprint density at radius 3 is 2.37 bits per heavy atom. The van der Waals surface area contributed by atoms with Crippen LogP contribution in [-0.2, 0) is 30.7 Å². The van der Waals surface area contributed by atoms with Crippen LogP contribution in [-0.4, -0.2) is 37.0 Å². The molecule has 9 nitrogen and oxygen atoms in total. The van der Waals surface area contributed by atoms with Crippen molar-refractivity contribution in [2.45, 2.75) is 45.2 Å². The highest BCUT2D eigenvalue weighted by atomic mass is 32.1. The zero-order valence-electron chi connectivity index (χ0n) is 19.3. The lowest BCUT2D eigenvalue weighted by Gasteiger charge is -2.02. The van der Waals surface area contributed by atoms with Gasteiger partial charge < -0.3 is 10.6 Å². The number of amides is 2. The van der Waals surface area contributed by atoms with Crippen LogP contribution in [0.15, 0.2) is 66.9 Å². The second kappa shape index (κ2) is 12.5. The second-order valence-electron chi connectivity index (χ2n) is 8.06. The zero-order chi connectivity index (χ0) is 24.3. The molecule has 0 saturated carbocycles. The summed E-state index contributed by atoms with van der Waals surface area (Å²) < 4.78 is 1.70. The third-order valence-corrected chi connectivity index (χ3v) is 6.16. The number of unbranched alkanes of at least 4 members (excludes halogenated alkanes) is 2. The fraction of sp³-hybridized carbons (Fsp3) is 0.280. The lowest BCUT2D eigenvalue weighted by atomic mass is 10.1. The number of anilines is 1. The first-order valence-electron chi connectivity index (χ1n) is 11.5.